The van der Waals surface area contributed by atoms with Gasteiger partial charge in [0.1, 0.15) is 0 Å². The van der Waals surface area contributed by atoms with Crippen molar-refractivity contribution in [2.75, 3.05) is 6.61 Å². The minimum absolute atomic E-state index is 0.361. The first-order valence-electron chi connectivity index (χ1n) is 6.57. The average Bonchev–Trinajstić information content (AvgIpc) is 2.17. The monoisotopic (exact) mass is 279 g/mol. The molecule has 110 valence electrons. The fourth-order valence-corrected chi connectivity index (χ4v) is 2.86. The van der Waals surface area contributed by atoms with Crippen LogP contribution in [-0.4, -0.2) is 23.0 Å². The first kappa shape index (κ1) is 20.3. The topological polar surface area (TPSA) is 52.6 Å². The predicted molar refractivity (Wildman–Crippen MR) is 78.8 cm³/mol. The lowest BCUT2D eigenvalue weighted by Crippen LogP contribution is -2.48. The molecule has 0 aromatic heterocycles. The van der Waals surface area contributed by atoms with Crippen LogP contribution in [0, 0.1) is 10.6 Å². The molecule has 0 bridgehead atoms. The molecule has 0 N–H and O–H groups in total. The number of hydrogen-bond acceptors (Lipinski definition) is 4. The van der Waals surface area contributed by atoms with Crippen LogP contribution in [0.1, 0.15) is 62.3 Å². The molecule has 0 saturated heterocycles. The zero-order valence-corrected chi connectivity index (χ0v) is 14.3. The minimum Gasteiger partial charge on any atom is -0.782 e. The van der Waals surface area contributed by atoms with E-state index in [0.717, 1.165) is 5.06 Å². The second kappa shape index (κ2) is 8.21. The molecule has 0 radical (unpaired) electrons. The van der Waals surface area contributed by atoms with Crippen LogP contribution < -0.4 is 0 Å². The fraction of sp³-hybridized carbons (Fsp3) is 1.00. The second-order valence-corrected chi connectivity index (χ2v) is 7.26. The van der Waals surface area contributed by atoms with Crippen molar-refractivity contribution in [1.29, 1.82) is 0 Å². The van der Waals surface area contributed by atoms with Crippen molar-refractivity contribution in [3.8, 4) is 0 Å². The Bertz CT molecular complexity index is 244. The molecule has 0 aromatic carbocycles. The highest BCUT2D eigenvalue weighted by molar-refractivity contribution is 7.40. The van der Waals surface area contributed by atoms with Crippen molar-refractivity contribution in [1.82, 2.24) is 5.06 Å². The Morgan fingerprint density at radius 1 is 1.17 bits per heavy atom. The van der Waals surface area contributed by atoms with Crippen LogP contribution >= 0.6 is 8.03 Å². The molecule has 0 aliphatic rings. The standard InChI is InChI=1S/C11H24NO3P.C2H6/c1-8-15-16(14)9(10(2,3)4)12(13)11(5,6)7;1-2/h9H,8H2,1-7H3;1-2H3. The summed E-state index contributed by atoms with van der Waals surface area (Å²) in [7, 11) is -1.97. The Morgan fingerprint density at radius 2 is 1.56 bits per heavy atom. The van der Waals surface area contributed by atoms with Gasteiger partial charge in [-0.2, -0.15) is 0 Å². The van der Waals surface area contributed by atoms with Gasteiger partial charge >= 0.3 is 8.03 Å². The zero-order valence-electron chi connectivity index (χ0n) is 13.4. The number of nitrogens with zero attached hydrogens (tertiary/aromatic N) is 1. The lowest BCUT2D eigenvalue weighted by atomic mass is 9.94. The van der Waals surface area contributed by atoms with Gasteiger partial charge in [0.05, 0.1) is 6.61 Å². The molecule has 0 spiro atoms. The SMILES string of the molecule is CC.CCO[P+](=O)C(N([O-])C(C)(C)C)C(C)(C)C. The van der Waals surface area contributed by atoms with E-state index in [-0.39, 0.29) is 5.41 Å². The van der Waals surface area contributed by atoms with Gasteiger partial charge in [-0.25, -0.2) is 0 Å². The van der Waals surface area contributed by atoms with Gasteiger partial charge in [0.2, 0.25) is 5.78 Å². The molecular weight excluding hydrogens is 249 g/mol. The average molecular weight is 279 g/mol. The molecule has 2 unspecified atom stereocenters. The first-order valence-corrected chi connectivity index (χ1v) is 7.82. The van der Waals surface area contributed by atoms with E-state index in [1.807, 2.05) is 55.4 Å². The highest BCUT2D eigenvalue weighted by Crippen LogP contribution is 2.44. The van der Waals surface area contributed by atoms with E-state index in [9.17, 15) is 9.77 Å². The smallest absolute Gasteiger partial charge is 0.527 e. The van der Waals surface area contributed by atoms with Gasteiger partial charge in [0, 0.05) is 11.0 Å². The number of hydroxylamine groups is 2. The molecule has 0 rings (SSSR count). The highest BCUT2D eigenvalue weighted by atomic mass is 31.1. The molecule has 5 heteroatoms. The van der Waals surface area contributed by atoms with E-state index in [1.54, 1.807) is 6.92 Å². The van der Waals surface area contributed by atoms with Crippen LogP contribution in [-0.2, 0) is 9.09 Å². The van der Waals surface area contributed by atoms with E-state index >= 15 is 0 Å². The lowest BCUT2D eigenvalue weighted by Gasteiger charge is -2.45. The van der Waals surface area contributed by atoms with Gasteiger partial charge in [-0.1, -0.05) is 34.6 Å². The van der Waals surface area contributed by atoms with Gasteiger partial charge in [0.25, 0.3) is 0 Å². The van der Waals surface area contributed by atoms with Gasteiger partial charge < -0.3 is 10.3 Å². The van der Waals surface area contributed by atoms with E-state index in [1.165, 1.54) is 0 Å². The number of rotatable bonds is 4. The molecule has 0 fully saturated rings. The van der Waals surface area contributed by atoms with Gasteiger partial charge in [0.15, 0.2) is 0 Å². The Balaban J connectivity index is 0. The van der Waals surface area contributed by atoms with Crippen molar-refractivity contribution in [2.45, 2.75) is 73.6 Å². The molecular formula is C13H30NO3P. The summed E-state index contributed by atoms with van der Waals surface area (Å²) in [5.74, 6) is -0.623. The maximum absolute atomic E-state index is 12.2. The van der Waals surface area contributed by atoms with Gasteiger partial charge in [-0.05, 0) is 32.3 Å². The second-order valence-electron chi connectivity index (χ2n) is 5.94. The summed E-state index contributed by atoms with van der Waals surface area (Å²) >= 11 is 0. The normalized spacial score (nSPS) is 14.9. The molecule has 0 aliphatic heterocycles. The first-order chi connectivity index (χ1) is 8.01. The Morgan fingerprint density at radius 3 is 1.78 bits per heavy atom. The third kappa shape index (κ3) is 6.79. The molecule has 0 aromatic rings. The van der Waals surface area contributed by atoms with Crippen molar-refractivity contribution in [3.05, 3.63) is 5.21 Å². The van der Waals surface area contributed by atoms with Gasteiger partial charge in [-0.15, -0.1) is 4.52 Å². The summed E-state index contributed by atoms with van der Waals surface area (Å²) in [5, 5.41) is 13.1. The van der Waals surface area contributed by atoms with Crippen LogP contribution in [0.2, 0.25) is 0 Å². The molecule has 0 aliphatic carbocycles. The van der Waals surface area contributed by atoms with E-state index < -0.39 is 19.3 Å². The Kier molecular flexibility index (Phi) is 9.26. The quantitative estimate of drug-likeness (QED) is 0.550. The zero-order chi connectivity index (χ0) is 15.1. The van der Waals surface area contributed by atoms with Crippen molar-refractivity contribution in [2.24, 2.45) is 5.41 Å². The van der Waals surface area contributed by atoms with E-state index in [2.05, 4.69) is 0 Å². The van der Waals surface area contributed by atoms with Gasteiger partial charge in [-0.3, -0.25) is 0 Å². The largest absolute Gasteiger partial charge is 0.782 e. The predicted octanol–water partition coefficient (Wildman–Crippen LogP) is 4.76. The summed E-state index contributed by atoms with van der Waals surface area (Å²) in [6, 6.07) is 0. The molecule has 2 atom stereocenters. The highest BCUT2D eigenvalue weighted by Gasteiger charge is 2.46. The molecule has 4 nitrogen and oxygen atoms in total. The summed E-state index contributed by atoms with van der Waals surface area (Å²) in [6.07, 6.45) is 0. The Labute approximate surface area is 114 Å². The van der Waals surface area contributed by atoms with Crippen molar-refractivity contribution >= 4 is 8.03 Å². The van der Waals surface area contributed by atoms with Crippen LogP contribution in [0.25, 0.3) is 0 Å². The van der Waals surface area contributed by atoms with Crippen LogP contribution in [0.4, 0.5) is 0 Å². The summed E-state index contributed by atoms with van der Waals surface area (Å²) in [6.45, 7) is 17.3. The van der Waals surface area contributed by atoms with Crippen LogP contribution in [0.15, 0.2) is 0 Å². The van der Waals surface area contributed by atoms with Crippen LogP contribution in [0.5, 0.6) is 0 Å². The summed E-state index contributed by atoms with van der Waals surface area (Å²) in [5.41, 5.74) is -0.947. The van der Waals surface area contributed by atoms with Crippen molar-refractivity contribution in [3.63, 3.8) is 0 Å². The molecule has 0 amide bonds. The van der Waals surface area contributed by atoms with Crippen LogP contribution in [0.3, 0.4) is 0 Å². The van der Waals surface area contributed by atoms with E-state index in [4.69, 9.17) is 4.52 Å². The lowest BCUT2D eigenvalue weighted by molar-refractivity contribution is 0.110. The number of hydrogen-bond donors (Lipinski definition) is 0. The fourth-order valence-electron chi connectivity index (χ4n) is 1.32. The summed E-state index contributed by atoms with van der Waals surface area (Å²) < 4.78 is 17.1. The molecule has 0 saturated carbocycles. The van der Waals surface area contributed by atoms with Crippen molar-refractivity contribution < 1.29 is 9.09 Å². The minimum atomic E-state index is -1.97. The molecule has 18 heavy (non-hydrogen) atoms. The third-order valence-corrected chi connectivity index (χ3v) is 4.01. The molecule has 0 heterocycles. The maximum atomic E-state index is 12.2. The van der Waals surface area contributed by atoms with E-state index in [0.29, 0.717) is 6.61 Å². The summed E-state index contributed by atoms with van der Waals surface area (Å²) in [4.78, 5) is 0. The maximum Gasteiger partial charge on any atom is 0.527 e. The Hall–Kier alpha value is -0.0200. The third-order valence-electron chi connectivity index (χ3n) is 2.11.